The van der Waals surface area contributed by atoms with Crippen molar-refractivity contribution in [3.05, 3.63) is 66.2 Å². The SMILES string of the molecule is CC(O)(C(=O)O)C(CSc1ccccc1)([PH+]=O)c1ccccc1. The normalized spacial score (nSPS) is 16.4. The molecule has 0 heterocycles. The summed E-state index contributed by atoms with van der Waals surface area (Å²) in [4.78, 5) is 12.5. The number of aliphatic carboxylic acids is 1. The van der Waals surface area contributed by atoms with Gasteiger partial charge in [0, 0.05) is 10.5 Å². The average Bonchev–Trinajstić information content (AvgIpc) is 2.57. The highest BCUT2D eigenvalue weighted by Gasteiger charge is 2.61. The highest BCUT2D eigenvalue weighted by molar-refractivity contribution is 7.99. The summed E-state index contributed by atoms with van der Waals surface area (Å²) in [6.45, 7) is 1.21. The minimum absolute atomic E-state index is 0.183. The molecule has 0 amide bonds. The predicted molar refractivity (Wildman–Crippen MR) is 92.5 cm³/mol. The molecule has 2 N–H and O–H groups in total. The topological polar surface area (TPSA) is 74.6 Å². The van der Waals surface area contributed by atoms with E-state index >= 15 is 0 Å². The first-order valence-corrected chi connectivity index (χ1v) is 8.92. The lowest BCUT2D eigenvalue weighted by molar-refractivity contribution is -0.160. The van der Waals surface area contributed by atoms with E-state index in [1.54, 1.807) is 30.3 Å². The van der Waals surface area contributed by atoms with Gasteiger partial charge in [-0.1, -0.05) is 53.1 Å². The van der Waals surface area contributed by atoms with Crippen LogP contribution in [0.2, 0.25) is 0 Å². The maximum Gasteiger partial charge on any atom is 0.340 e. The van der Waals surface area contributed by atoms with Crippen LogP contribution >= 0.6 is 20.2 Å². The Morgan fingerprint density at radius 3 is 2.09 bits per heavy atom. The van der Waals surface area contributed by atoms with Crippen LogP contribution in [0.3, 0.4) is 0 Å². The number of benzene rings is 2. The summed E-state index contributed by atoms with van der Waals surface area (Å²) >= 11 is 1.37. The van der Waals surface area contributed by atoms with Crippen molar-refractivity contribution < 1.29 is 19.6 Å². The molecule has 4 nitrogen and oxygen atoms in total. The van der Waals surface area contributed by atoms with Gasteiger partial charge in [-0.15, -0.1) is 11.8 Å². The Morgan fingerprint density at radius 1 is 1.09 bits per heavy atom. The second kappa shape index (κ2) is 7.26. The maximum atomic E-state index is 12.1. The zero-order valence-corrected chi connectivity index (χ0v) is 14.4. The first-order valence-electron chi connectivity index (χ1n) is 7.02. The molecule has 120 valence electrons. The third kappa shape index (κ3) is 3.47. The van der Waals surface area contributed by atoms with E-state index in [2.05, 4.69) is 0 Å². The molecule has 0 bridgehead atoms. The molecule has 6 heteroatoms. The van der Waals surface area contributed by atoms with Crippen molar-refractivity contribution in [2.45, 2.75) is 22.6 Å². The summed E-state index contributed by atoms with van der Waals surface area (Å²) in [6, 6.07) is 18.1. The molecule has 2 rings (SSSR count). The van der Waals surface area contributed by atoms with E-state index in [9.17, 15) is 19.6 Å². The lowest BCUT2D eigenvalue weighted by Crippen LogP contribution is -2.53. The van der Waals surface area contributed by atoms with Gasteiger partial charge in [0.15, 0.2) is 0 Å². The molecule has 0 spiro atoms. The van der Waals surface area contributed by atoms with Crippen LogP contribution in [0, 0.1) is 0 Å². The number of hydrogen-bond acceptors (Lipinski definition) is 4. The van der Waals surface area contributed by atoms with E-state index in [4.69, 9.17) is 0 Å². The Balaban J connectivity index is 2.46. The van der Waals surface area contributed by atoms with Crippen LogP contribution in [0.1, 0.15) is 12.5 Å². The van der Waals surface area contributed by atoms with E-state index < -0.39 is 25.2 Å². The average molecular weight is 349 g/mol. The van der Waals surface area contributed by atoms with Crippen LogP contribution in [0.4, 0.5) is 0 Å². The van der Waals surface area contributed by atoms with Gasteiger partial charge in [-0.2, -0.15) is 0 Å². The van der Waals surface area contributed by atoms with Gasteiger partial charge in [-0.25, -0.2) is 4.79 Å². The Morgan fingerprint density at radius 2 is 1.61 bits per heavy atom. The summed E-state index contributed by atoms with van der Waals surface area (Å²) in [7, 11) is -1.01. The Kier molecular flexibility index (Phi) is 5.58. The highest BCUT2D eigenvalue weighted by atomic mass is 32.2. The Labute approximate surface area is 140 Å². The molecule has 2 aromatic rings. The molecule has 0 radical (unpaired) electrons. The smallest absolute Gasteiger partial charge is 0.340 e. The van der Waals surface area contributed by atoms with Gasteiger partial charge in [0.05, 0.1) is 5.75 Å². The highest BCUT2D eigenvalue weighted by Crippen LogP contribution is 2.48. The molecular formula is C17H18O4PS+. The minimum Gasteiger partial charge on any atom is -0.479 e. The Bertz CT molecular complexity index is 676. The van der Waals surface area contributed by atoms with Crippen molar-refractivity contribution in [1.82, 2.24) is 0 Å². The van der Waals surface area contributed by atoms with Gasteiger partial charge in [-0.3, -0.25) is 0 Å². The number of hydrogen-bond donors (Lipinski definition) is 2. The Hall–Kier alpha value is -1.68. The lowest BCUT2D eigenvalue weighted by atomic mass is 9.83. The maximum absolute atomic E-state index is 12.1. The van der Waals surface area contributed by atoms with Crippen molar-refractivity contribution in [2.75, 3.05) is 5.75 Å². The van der Waals surface area contributed by atoms with Gasteiger partial charge >= 0.3 is 14.4 Å². The van der Waals surface area contributed by atoms with Crippen LogP contribution < -0.4 is 0 Å². The van der Waals surface area contributed by atoms with Crippen LogP contribution in [0.15, 0.2) is 65.6 Å². The first kappa shape index (κ1) is 17.7. The molecule has 0 saturated carbocycles. The fourth-order valence-corrected chi connectivity index (χ4v) is 4.53. The summed E-state index contributed by atoms with van der Waals surface area (Å²) in [6.07, 6.45) is 0. The number of carbonyl (C=O) groups is 1. The third-order valence-corrected chi connectivity index (χ3v) is 6.63. The molecule has 0 saturated heterocycles. The van der Waals surface area contributed by atoms with Crippen molar-refractivity contribution in [1.29, 1.82) is 0 Å². The largest absolute Gasteiger partial charge is 0.479 e. The fraction of sp³-hybridized carbons (Fsp3) is 0.235. The van der Waals surface area contributed by atoms with Crippen molar-refractivity contribution in [3.8, 4) is 0 Å². The number of carboxylic acid groups (broad SMARTS) is 1. The van der Waals surface area contributed by atoms with Gasteiger partial charge in [0.1, 0.15) is 0 Å². The van der Waals surface area contributed by atoms with Crippen molar-refractivity contribution in [2.24, 2.45) is 0 Å². The molecule has 2 aromatic carbocycles. The van der Waals surface area contributed by atoms with Gasteiger partial charge in [0.25, 0.3) is 0 Å². The van der Waals surface area contributed by atoms with Crippen LogP contribution in [-0.2, 0) is 14.5 Å². The molecule has 0 aromatic heterocycles. The number of rotatable bonds is 7. The molecule has 0 aliphatic heterocycles. The van der Waals surface area contributed by atoms with E-state index in [0.717, 1.165) is 4.90 Å². The van der Waals surface area contributed by atoms with Crippen LogP contribution in [0.5, 0.6) is 0 Å². The van der Waals surface area contributed by atoms with E-state index in [0.29, 0.717) is 5.56 Å². The summed E-state index contributed by atoms with van der Waals surface area (Å²) in [5.74, 6) is -1.21. The summed E-state index contributed by atoms with van der Waals surface area (Å²) in [5.41, 5.74) is -1.61. The second-order valence-electron chi connectivity index (χ2n) is 5.35. The van der Waals surface area contributed by atoms with Gasteiger partial charge < -0.3 is 10.2 Å². The zero-order valence-electron chi connectivity index (χ0n) is 12.6. The quantitative estimate of drug-likeness (QED) is 0.591. The van der Waals surface area contributed by atoms with E-state index in [-0.39, 0.29) is 5.75 Å². The molecule has 0 fully saturated rings. The van der Waals surface area contributed by atoms with Crippen LogP contribution in [-0.4, -0.2) is 27.5 Å². The van der Waals surface area contributed by atoms with E-state index in [1.807, 2.05) is 30.3 Å². The summed E-state index contributed by atoms with van der Waals surface area (Å²) in [5, 5.41) is 18.7. The molecule has 3 unspecified atom stereocenters. The zero-order chi connectivity index (χ0) is 16.9. The van der Waals surface area contributed by atoms with Crippen molar-refractivity contribution >= 4 is 26.2 Å². The van der Waals surface area contributed by atoms with Gasteiger partial charge in [0.2, 0.25) is 10.8 Å². The lowest BCUT2D eigenvalue weighted by Gasteiger charge is -2.32. The summed E-state index contributed by atoms with van der Waals surface area (Å²) < 4.78 is 12.1. The van der Waals surface area contributed by atoms with Crippen molar-refractivity contribution in [3.63, 3.8) is 0 Å². The number of carboxylic acids is 1. The first-order chi connectivity index (χ1) is 10.9. The standard InChI is InChI=1S/C17H17O4PS/c1-16(20,15(18)19)17(22-21,13-8-4-2-5-9-13)12-23-14-10-6-3-7-11-14/h2-11,20H,12H2,1H3,(H,18,19)/p+1. The molecule has 3 atom stereocenters. The molecule has 0 aliphatic rings. The molecule has 23 heavy (non-hydrogen) atoms. The molecular weight excluding hydrogens is 331 g/mol. The van der Waals surface area contributed by atoms with Crippen LogP contribution in [0.25, 0.3) is 0 Å². The van der Waals surface area contributed by atoms with E-state index in [1.165, 1.54) is 18.7 Å². The molecule has 0 aliphatic carbocycles. The minimum atomic E-state index is -2.16. The predicted octanol–water partition coefficient (Wildman–Crippen LogP) is 3.53. The number of thioether (sulfide) groups is 1. The fourth-order valence-electron chi connectivity index (χ4n) is 2.31. The third-order valence-electron chi connectivity index (χ3n) is 3.89. The monoisotopic (exact) mass is 349 g/mol. The second-order valence-corrected chi connectivity index (χ2v) is 7.46. The number of aliphatic hydroxyl groups is 1. The van der Waals surface area contributed by atoms with Gasteiger partial charge in [-0.05, 0) is 19.1 Å².